The number of pyridine rings is 1. The Labute approximate surface area is 238 Å². The van der Waals surface area contributed by atoms with Crippen LogP contribution in [-0.2, 0) is 17.6 Å². The number of nitriles is 1. The predicted molar refractivity (Wildman–Crippen MR) is 163 cm³/mol. The van der Waals surface area contributed by atoms with E-state index in [1.807, 2.05) is 12.1 Å². The van der Waals surface area contributed by atoms with E-state index in [4.69, 9.17) is 9.72 Å². The molecule has 3 aliphatic rings. The van der Waals surface area contributed by atoms with Crippen LogP contribution in [0.5, 0.6) is 0 Å². The second-order valence-electron chi connectivity index (χ2n) is 11.7. The van der Waals surface area contributed by atoms with Crippen LogP contribution in [0.15, 0.2) is 84.6 Å². The van der Waals surface area contributed by atoms with Crippen LogP contribution >= 0.6 is 0 Å². The van der Waals surface area contributed by atoms with Gasteiger partial charge in [-0.3, -0.25) is 4.98 Å². The average Bonchev–Trinajstić information content (AvgIpc) is 3.09. The minimum Gasteiger partial charge on any atom is -0.375 e. The highest BCUT2D eigenvalue weighted by molar-refractivity contribution is 5.98. The molecule has 0 unspecified atom stereocenters. The van der Waals surface area contributed by atoms with Gasteiger partial charge in [0.15, 0.2) is 0 Å². The summed E-state index contributed by atoms with van der Waals surface area (Å²) in [5.74, 6) is 0.576. The molecule has 3 aromatic rings. The number of ether oxygens (including phenoxy) is 1. The first-order valence-corrected chi connectivity index (χ1v) is 14.9. The van der Waals surface area contributed by atoms with Crippen molar-refractivity contribution in [2.75, 3.05) is 0 Å². The second-order valence-corrected chi connectivity index (χ2v) is 11.7. The maximum atomic E-state index is 9.28. The average molecular weight is 527 g/mol. The molecule has 2 aliphatic carbocycles. The lowest BCUT2D eigenvalue weighted by atomic mass is 9.72. The summed E-state index contributed by atoms with van der Waals surface area (Å²) in [4.78, 5) is 4.98. The quantitative estimate of drug-likeness (QED) is 0.312. The van der Waals surface area contributed by atoms with E-state index in [1.54, 1.807) is 0 Å². The van der Waals surface area contributed by atoms with Crippen molar-refractivity contribution < 1.29 is 4.74 Å². The normalized spacial score (nSPS) is 24.0. The molecule has 6 rings (SSSR count). The van der Waals surface area contributed by atoms with E-state index in [-0.39, 0.29) is 12.2 Å². The monoisotopic (exact) mass is 526 g/mol. The van der Waals surface area contributed by atoms with E-state index in [0.717, 1.165) is 37.8 Å². The molecule has 2 aromatic carbocycles. The molecule has 2 heterocycles. The highest BCUT2D eigenvalue weighted by Crippen LogP contribution is 2.46. The van der Waals surface area contributed by atoms with Crippen molar-refractivity contribution in [1.29, 1.82) is 5.26 Å². The van der Waals surface area contributed by atoms with E-state index in [9.17, 15) is 5.26 Å². The molecule has 0 spiro atoms. The van der Waals surface area contributed by atoms with Gasteiger partial charge in [0.05, 0.1) is 23.8 Å². The summed E-state index contributed by atoms with van der Waals surface area (Å²) >= 11 is 0. The van der Waals surface area contributed by atoms with Gasteiger partial charge in [-0.25, -0.2) is 0 Å². The molecule has 202 valence electrons. The van der Waals surface area contributed by atoms with Gasteiger partial charge >= 0.3 is 0 Å². The summed E-state index contributed by atoms with van der Waals surface area (Å²) in [7, 11) is 0. The van der Waals surface area contributed by atoms with Crippen LogP contribution in [0.1, 0.15) is 80.3 Å². The lowest BCUT2D eigenvalue weighted by Gasteiger charge is -2.33. The van der Waals surface area contributed by atoms with Gasteiger partial charge in [-0.1, -0.05) is 66.6 Å². The molecular weight excluding hydrogens is 488 g/mol. The van der Waals surface area contributed by atoms with Crippen molar-refractivity contribution in [3.63, 3.8) is 0 Å². The summed E-state index contributed by atoms with van der Waals surface area (Å²) in [6.07, 6.45) is 18.3. The maximum absolute atomic E-state index is 9.28. The number of aromatic nitrogens is 1. The summed E-state index contributed by atoms with van der Waals surface area (Å²) < 4.78 is 6.03. The predicted octanol–water partition coefficient (Wildman–Crippen LogP) is 8.89. The molecule has 0 radical (unpaired) electrons. The Kier molecular flexibility index (Phi) is 7.80. The van der Waals surface area contributed by atoms with Gasteiger partial charge in [-0.05, 0) is 110 Å². The molecule has 3 nitrogen and oxygen atoms in total. The van der Waals surface area contributed by atoms with E-state index >= 15 is 0 Å². The molecule has 0 saturated heterocycles. The fourth-order valence-corrected chi connectivity index (χ4v) is 6.51. The first kappa shape index (κ1) is 26.5. The first-order chi connectivity index (χ1) is 19.6. The zero-order valence-electron chi connectivity index (χ0n) is 23.7. The molecule has 1 saturated carbocycles. The molecule has 0 bridgehead atoms. The Morgan fingerprint density at radius 2 is 1.75 bits per heavy atom. The van der Waals surface area contributed by atoms with E-state index in [2.05, 4.69) is 86.8 Å². The number of hydrogen-bond donors (Lipinski definition) is 0. The third-order valence-electron chi connectivity index (χ3n) is 8.74. The van der Waals surface area contributed by atoms with Gasteiger partial charge < -0.3 is 4.74 Å². The highest BCUT2D eigenvalue weighted by atomic mass is 16.5. The van der Waals surface area contributed by atoms with Crippen LogP contribution < -0.4 is 0 Å². The molecule has 0 amide bonds. The van der Waals surface area contributed by atoms with Crippen LogP contribution in [0, 0.1) is 17.2 Å². The zero-order chi connectivity index (χ0) is 27.5. The molecule has 1 aromatic heterocycles. The van der Waals surface area contributed by atoms with Crippen molar-refractivity contribution >= 4 is 11.1 Å². The van der Waals surface area contributed by atoms with Gasteiger partial charge in [-0.15, -0.1) is 0 Å². The molecule has 1 fully saturated rings. The third kappa shape index (κ3) is 5.60. The van der Waals surface area contributed by atoms with Crippen molar-refractivity contribution in [3.05, 3.63) is 113 Å². The number of fused-ring (bicyclic) bond motifs is 1. The standard InChI is InChI=1S/C37H38N2O/c1-25-13-14-28(21-26(2)40-25)22-32-20-19-31(24-39-32)34-9-3-4-10-35-33(29-17-15-27(23-38)16-18-29)11-6-12-36(35)37(34)30-7-5-8-30/h3,6,9,11-12,14-20,24-26,30H,4-5,7-8,10,13,21-22H2,1-2H3/b9-3-,37-34+/t25-,26+/m1/s1. The van der Waals surface area contributed by atoms with Gasteiger partial charge in [0.25, 0.3) is 0 Å². The minimum absolute atomic E-state index is 0.257. The Bertz CT molecular complexity index is 1500. The smallest absolute Gasteiger partial charge is 0.0991 e. The molecule has 40 heavy (non-hydrogen) atoms. The number of nitrogens with zero attached hydrogens (tertiary/aromatic N) is 2. The van der Waals surface area contributed by atoms with E-state index in [1.165, 1.54) is 63.8 Å². The molecule has 2 atom stereocenters. The molecular formula is C37H38N2O. The SMILES string of the molecule is C[C@@H]1CC=C(Cc2ccc(C3=C(\C4CCC4)c4cccc(-c5ccc(C#N)cc5)c4CC/C=C\3)cn2)C[C@H](C)O1. The van der Waals surface area contributed by atoms with Crippen LogP contribution in [0.3, 0.4) is 0 Å². The number of benzene rings is 2. The van der Waals surface area contributed by atoms with Gasteiger partial charge in [0.2, 0.25) is 0 Å². The minimum atomic E-state index is 0.257. The lowest BCUT2D eigenvalue weighted by Crippen LogP contribution is -2.16. The van der Waals surface area contributed by atoms with Crippen LogP contribution in [-0.4, -0.2) is 17.2 Å². The molecule has 3 heteroatoms. The van der Waals surface area contributed by atoms with Crippen molar-refractivity contribution in [1.82, 2.24) is 4.98 Å². The van der Waals surface area contributed by atoms with Gasteiger partial charge in [-0.2, -0.15) is 5.26 Å². The van der Waals surface area contributed by atoms with Crippen LogP contribution in [0.2, 0.25) is 0 Å². The number of allylic oxidation sites excluding steroid dienone is 4. The Balaban J connectivity index is 1.38. The molecule has 0 N–H and O–H groups in total. The zero-order valence-corrected chi connectivity index (χ0v) is 23.7. The Morgan fingerprint density at radius 3 is 2.48 bits per heavy atom. The van der Waals surface area contributed by atoms with E-state index < -0.39 is 0 Å². The van der Waals surface area contributed by atoms with Crippen molar-refractivity contribution in [2.45, 2.75) is 77.4 Å². The highest BCUT2D eigenvalue weighted by Gasteiger charge is 2.29. The fourth-order valence-electron chi connectivity index (χ4n) is 6.51. The summed E-state index contributed by atoms with van der Waals surface area (Å²) in [6, 6.07) is 21.6. The van der Waals surface area contributed by atoms with Crippen molar-refractivity contribution in [3.8, 4) is 17.2 Å². The van der Waals surface area contributed by atoms with Crippen LogP contribution in [0.4, 0.5) is 0 Å². The summed E-state index contributed by atoms with van der Waals surface area (Å²) in [5, 5.41) is 9.28. The summed E-state index contributed by atoms with van der Waals surface area (Å²) in [6.45, 7) is 4.33. The van der Waals surface area contributed by atoms with Crippen molar-refractivity contribution in [2.24, 2.45) is 5.92 Å². The third-order valence-corrected chi connectivity index (χ3v) is 8.74. The Hall–Kier alpha value is -3.74. The Morgan fingerprint density at radius 1 is 0.950 bits per heavy atom. The summed E-state index contributed by atoms with van der Waals surface area (Å²) in [5.41, 5.74) is 12.6. The largest absolute Gasteiger partial charge is 0.375 e. The lowest BCUT2D eigenvalue weighted by molar-refractivity contribution is 0.0152. The van der Waals surface area contributed by atoms with E-state index in [0.29, 0.717) is 11.5 Å². The number of hydrogen-bond acceptors (Lipinski definition) is 3. The molecule has 1 aliphatic heterocycles. The topological polar surface area (TPSA) is 45.9 Å². The fraction of sp³-hybridized carbons (Fsp3) is 0.351. The number of rotatable bonds is 5. The van der Waals surface area contributed by atoms with Gasteiger partial charge in [0.1, 0.15) is 0 Å². The maximum Gasteiger partial charge on any atom is 0.0991 e. The first-order valence-electron chi connectivity index (χ1n) is 14.9. The van der Waals surface area contributed by atoms with Gasteiger partial charge in [0, 0.05) is 23.9 Å². The van der Waals surface area contributed by atoms with Crippen LogP contribution in [0.25, 0.3) is 22.3 Å². The second kappa shape index (κ2) is 11.8.